The highest BCUT2D eigenvalue weighted by molar-refractivity contribution is 6.11. The van der Waals surface area contributed by atoms with Gasteiger partial charge in [-0.05, 0) is 38.5 Å². The van der Waals surface area contributed by atoms with Gasteiger partial charge < -0.3 is 28.1 Å². The number of ether oxygens (including phenoxy) is 5. The lowest BCUT2D eigenvalue weighted by Crippen LogP contribution is -2.29. The van der Waals surface area contributed by atoms with E-state index < -0.39 is 11.9 Å². The maximum Gasteiger partial charge on any atom is 0.338 e. The summed E-state index contributed by atoms with van der Waals surface area (Å²) in [6.07, 6.45) is 0. The summed E-state index contributed by atoms with van der Waals surface area (Å²) in [6.45, 7) is 10.8. The Hall–Kier alpha value is -4.79. The maximum absolute atomic E-state index is 13.4. The van der Waals surface area contributed by atoms with Gasteiger partial charge in [0.15, 0.2) is 11.5 Å². The number of carbonyl (C=O) groups is 2. The van der Waals surface area contributed by atoms with Crippen molar-refractivity contribution in [1.29, 1.82) is 0 Å². The number of methoxy groups -OCH3 is 3. The number of benzene rings is 3. The number of nitrogens with zero attached hydrogens (tertiary/aromatic N) is 1. The van der Waals surface area contributed by atoms with Crippen LogP contribution in [0, 0.1) is 0 Å². The van der Waals surface area contributed by atoms with E-state index in [0.29, 0.717) is 50.7 Å². The van der Waals surface area contributed by atoms with Gasteiger partial charge in [-0.2, -0.15) is 0 Å². The largest absolute Gasteiger partial charge is 0.493 e. The van der Waals surface area contributed by atoms with Crippen LogP contribution in [0.5, 0.6) is 17.2 Å². The molecule has 220 valence electrons. The summed E-state index contributed by atoms with van der Waals surface area (Å²) in [5, 5.41) is 1.61. The summed E-state index contributed by atoms with van der Waals surface area (Å²) < 4.78 is 36.5. The Labute approximate surface area is 244 Å². The van der Waals surface area contributed by atoms with Crippen LogP contribution in [0.1, 0.15) is 31.1 Å². The Bertz CT molecular complexity index is 1680. The van der Waals surface area contributed by atoms with Crippen molar-refractivity contribution in [3.8, 4) is 39.7 Å². The highest BCUT2D eigenvalue weighted by Gasteiger charge is 2.28. The number of rotatable bonds is 11. The molecular weight excluding hydrogens is 538 g/mol. The van der Waals surface area contributed by atoms with Crippen molar-refractivity contribution in [1.82, 2.24) is 4.58 Å². The molecule has 0 atom stereocenters. The van der Waals surface area contributed by atoms with Gasteiger partial charge in [-0.15, -0.1) is 0 Å². The van der Waals surface area contributed by atoms with Crippen molar-refractivity contribution in [2.45, 2.75) is 20.8 Å². The van der Waals surface area contributed by atoms with E-state index in [2.05, 4.69) is 25.0 Å². The topological polar surface area (TPSA) is 96.4 Å². The molecule has 1 heterocycles. The normalized spacial score (nSPS) is 10.8. The molecule has 0 bridgehead atoms. The van der Waals surface area contributed by atoms with Gasteiger partial charge >= 0.3 is 11.9 Å². The zero-order valence-corrected chi connectivity index (χ0v) is 24.9. The van der Waals surface area contributed by atoms with E-state index in [0.717, 1.165) is 24.0 Å². The zero-order valence-electron chi connectivity index (χ0n) is 24.9. The van der Waals surface area contributed by atoms with E-state index in [9.17, 15) is 9.59 Å². The summed E-state index contributed by atoms with van der Waals surface area (Å²) in [6, 6.07) is 14.9. The first-order valence-corrected chi connectivity index (χ1v) is 13.7. The van der Waals surface area contributed by atoms with E-state index in [4.69, 9.17) is 28.1 Å². The molecule has 0 saturated carbocycles. The minimum absolute atomic E-state index is 0.0887. The average molecular weight is 575 g/mol. The molecular formula is C33H36NO8+. The van der Waals surface area contributed by atoms with Crippen molar-refractivity contribution in [2.24, 2.45) is 0 Å². The van der Waals surface area contributed by atoms with Gasteiger partial charge in [-0.25, -0.2) is 14.2 Å². The summed E-state index contributed by atoms with van der Waals surface area (Å²) in [5.74, 6) is 0.729. The van der Waals surface area contributed by atoms with Crippen LogP contribution in [0.2, 0.25) is 0 Å². The van der Waals surface area contributed by atoms with Gasteiger partial charge in [0.05, 0.1) is 38.3 Å². The Morgan fingerprint density at radius 3 is 2.19 bits per heavy atom. The standard InChI is InChI=1S/C33H36NO8/c1-8-34(9-2)21-14-15-24-25(18-21)42-26-19-27(37-5)30(38-6)31(39-7)29(26)28(24)22-12-10-11-13-23(22)33(36)41-17-16-40-32(35)20(3)4/h10-15,18-19H,3,8-9,16-17H2,1-2,4-7H3/q+1. The lowest BCUT2D eigenvalue weighted by Gasteiger charge is -2.21. The van der Waals surface area contributed by atoms with E-state index in [1.54, 1.807) is 39.3 Å². The van der Waals surface area contributed by atoms with Gasteiger partial charge in [0.1, 0.15) is 37.6 Å². The first-order chi connectivity index (χ1) is 20.3. The average Bonchev–Trinajstić information content (AvgIpc) is 3.01. The van der Waals surface area contributed by atoms with Crippen LogP contribution >= 0.6 is 0 Å². The van der Waals surface area contributed by atoms with Gasteiger partial charge in [0, 0.05) is 28.8 Å². The van der Waals surface area contributed by atoms with Crippen LogP contribution in [0.15, 0.2) is 65.1 Å². The van der Waals surface area contributed by atoms with E-state index in [-0.39, 0.29) is 18.8 Å². The fourth-order valence-electron chi connectivity index (χ4n) is 4.92. The van der Waals surface area contributed by atoms with Crippen LogP contribution in [0.25, 0.3) is 33.4 Å². The summed E-state index contributed by atoms with van der Waals surface area (Å²) in [7, 11) is 4.62. The molecule has 2 aromatic rings. The molecule has 0 unspecified atom stereocenters. The first kappa shape index (κ1) is 30.2. The summed E-state index contributed by atoms with van der Waals surface area (Å²) in [4.78, 5) is 25.1. The van der Waals surface area contributed by atoms with E-state index in [1.807, 2.05) is 30.3 Å². The smallest absolute Gasteiger partial charge is 0.338 e. The van der Waals surface area contributed by atoms with Crippen LogP contribution < -0.4 is 24.1 Å². The Balaban J connectivity index is 1.98. The van der Waals surface area contributed by atoms with Crippen molar-refractivity contribution in [2.75, 3.05) is 47.6 Å². The van der Waals surface area contributed by atoms with Gasteiger partial charge in [-0.3, -0.25) is 0 Å². The molecule has 0 N–H and O–H groups in total. The number of esters is 2. The van der Waals surface area contributed by atoms with E-state index >= 15 is 0 Å². The molecule has 2 aliphatic rings. The minimum Gasteiger partial charge on any atom is -0.493 e. The molecule has 0 fully saturated rings. The van der Waals surface area contributed by atoms with E-state index in [1.165, 1.54) is 7.11 Å². The highest BCUT2D eigenvalue weighted by atomic mass is 16.6. The minimum atomic E-state index is -0.571. The molecule has 42 heavy (non-hydrogen) atoms. The highest BCUT2D eigenvalue weighted by Crippen LogP contribution is 2.51. The lowest BCUT2D eigenvalue weighted by atomic mass is 9.90. The van der Waals surface area contributed by atoms with Crippen LogP contribution in [-0.4, -0.2) is 59.6 Å². The molecule has 4 rings (SSSR count). The number of hydrogen-bond donors (Lipinski definition) is 0. The quantitative estimate of drug-likeness (QED) is 0.0781. The third kappa shape index (κ3) is 5.81. The number of carbonyl (C=O) groups excluding carboxylic acids is 2. The number of hydrogen-bond acceptors (Lipinski definition) is 8. The first-order valence-electron chi connectivity index (χ1n) is 13.7. The fraction of sp³-hybridized carbons (Fsp3) is 0.303. The molecule has 9 heteroatoms. The Morgan fingerprint density at radius 1 is 0.857 bits per heavy atom. The van der Waals surface area contributed by atoms with Gasteiger partial charge in [0.2, 0.25) is 11.1 Å². The second kappa shape index (κ2) is 13.2. The third-order valence-corrected chi connectivity index (χ3v) is 6.94. The molecule has 0 amide bonds. The molecule has 0 spiro atoms. The van der Waals surface area contributed by atoms with Crippen molar-refractivity contribution < 1.29 is 37.7 Å². The van der Waals surface area contributed by atoms with Crippen molar-refractivity contribution in [3.05, 3.63) is 71.6 Å². The van der Waals surface area contributed by atoms with Crippen molar-refractivity contribution in [3.63, 3.8) is 0 Å². The molecule has 0 radical (unpaired) electrons. The molecule has 1 aliphatic carbocycles. The zero-order chi connectivity index (χ0) is 30.4. The monoisotopic (exact) mass is 574 g/mol. The predicted molar refractivity (Wildman–Crippen MR) is 160 cm³/mol. The van der Waals surface area contributed by atoms with Gasteiger partial charge in [0.25, 0.3) is 0 Å². The van der Waals surface area contributed by atoms with Crippen LogP contribution in [0.4, 0.5) is 0 Å². The molecule has 1 aliphatic heterocycles. The second-order valence-electron chi connectivity index (χ2n) is 9.45. The summed E-state index contributed by atoms with van der Waals surface area (Å²) in [5.41, 5.74) is 3.15. The fourth-order valence-corrected chi connectivity index (χ4v) is 4.92. The van der Waals surface area contributed by atoms with Crippen LogP contribution in [-0.2, 0) is 14.3 Å². The van der Waals surface area contributed by atoms with Gasteiger partial charge in [-0.1, -0.05) is 24.8 Å². The molecule has 2 aromatic carbocycles. The lowest BCUT2D eigenvalue weighted by molar-refractivity contribution is -0.140. The third-order valence-electron chi connectivity index (χ3n) is 6.94. The van der Waals surface area contributed by atoms with Crippen LogP contribution in [0.3, 0.4) is 0 Å². The SMILES string of the molecule is C=C(C)C(=O)OCCOC(=O)c1ccccc1-c1c2ccc(=[N+](CC)CC)cc-2oc2cc(OC)c(OC)c(OC)c12. The molecule has 9 nitrogen and oxygen atoms in total. The maximum atomic E-state index is 13.4. The number of fused-ring (bicyclic) bond motifs is 2. The summed E-state index contributed by atoms with van der Waals surface area (Å²) >= 11 is 0. The second-order valence-corrected chi connectivity index (χ2v) is 9.45. The predicted octanol–water partition coefficient (Wildman–Crippen LogP) is 5.32. The molecule has 0 saturated heterocycles. The van der Waals surface area contributed by atoms with Crippen molar-refractivity contribution >= 4 is 22.9 Å². The Morgan fingerprint density at radius 2 is 1.55 bits per heavy atom. The molecule has 0 aromatic heterocycles. The Kier molecular flexibility index (Phi) is 9.52.